The average molecular weight is 548 g/mol. The fourth-order valence-corrected chi connectivity index (χ4v) is 5.12. The number of amides is 1. The maximum absolute atomic E-state index is 14.5. The molecule has 0 aliphatic heterocycles. The van der Waals surface area contributed by atoms with Crippen LogP contribution in [0.3, 0.4) is 0 Å². The number of benzene rings is 1. The number of rotatable bonds is 10. The zero-order chi connectivity index (χ0) is 27.4. The van der Waals surface area contributed by atoms with Gasteiger partial charge in [-0.3, -0.25) is 0 Å². The SMILES string of the molecule is CC(C)NS(=O)(=O)c1ccc(Nc2ncc(C3CC(COC(=O)N[C@@H](C)CC(F)(F)F)C3)cn2)c(F)c1. The number of sulfonamides is 1. The van der Waals surface area contributed by atoms with Crippen molar-refractivity contribution in [2.45, 2.75) is 69.1 Å². The van der Waals surface area contributed by atoms with Crippen LogP contribution in [0.1, 0.15) is 51.5 Å². The highest BCUT2D eigenvalue weighted by atomic mass is 32.2. The van der Waals surface area contributed by atoms with Crippen molar-refractivity contribution in [1.82, 2.24) is 20.0 Å². The number of carbonyl (C=O) groups excluding carboxylic acids is 1. The molecule has 3 N–H and O–H groups in total. The van der Waals surface area contributed by atoms with E-state index in [-0.39, 0.29) is 41.0 Å². The van der Waals surface area contributed by atoms with E-state index in [1.807, 2.05) is 0 Å². The predicted molar refractivity (Wildman–Crippen MR) is 127 cm³/mol. The Balaban J connectivity index is 1.46. The summed E-state index contributed by atoms with van der Waals surface area (Å²) in [6, 6.07) is 2.06. The molecule has 1 amide bonds. The first-order valence-corrected chi connectivity index (χ1v) is 13.1. The highest BCUT2D eigenvalue weighted by Gasteiger charge is 2.33. The Labute approximate surface area is 212 Å². The fraction of sp³-hybridized carbons (Fsp3) is 0.522. The van der Waals surface area contributed by atoms with Crippen molar-refractivity contribution in [3.63, 3.8) is 0 Å². The monoisotopic (exact) mass is 547 g/mol. The third kappa shape index (κ3) is 8.52. The molecular formula is C23H29F4N5O4S. The molecule has 1 aromatic heterocycles. The van der Waals surface area contributed by atoms with Crippen LogP contribution in [0.5, 0.6) is 0 Å². The molecule has 0 spiro atoms. The average Bonchev–Trinajstić information content (AvgIpc) is 2.72. The van der Waals surface area contributed by atoms with E-state index in [1.54, 1.807) is 26.2 Å². The molecule has 9 nitrogen and oxygen atoms in total. The Bertz CT molecular complexity index is 1190. The summed E-state index contributed by atoms with van der Waals surface area (Å²) in [5.41, 5.74) is 0.853. The first-order valence-electron chi connectivity index (χ1n) is 11.6. The summed E-state index contributed by atoms with van der Waals surface area (Å²) in [7, 11) is -3.83. The number of ether oxygens (including phenoxy) is 1. The Morgan fingerprint density at radius 2 is 1.81 bits per heavy atom. The standard InChI is InChI=1S/C23H29F4N5O4S/c1-13(2)32-37(34,35)18-4-5-20(19(24)8-18)31-21-28-10-17(11-29-21)16-6-15(7-16)12-36-22(33)30-14(3)9-23(25,26)27/h4-5,8,10-11,13-16,32H,6-7,9,12H2,1-3H3,(H,30,33)(H,28,29,31)/t14-,15?,16?/m0/s1. The van der Waals surface area contributed by atoms with E-state index in [1.165, 1.54) is 19.1 Å². The Hall–Kier alpha value is -3.00. The third-order valence-corrected chi connectivity index (χ3v) is 7.28. The minimum absolute atomic E-state index is 0.0138. The summed E-state index contributed by atoms with van der Waals surface area (Å²) in [5.74, 6) is -0.453. The number of alkyl carbamates (subject to hydrolysis) is 1. The Morgan fingerprint density at radius 1 is 1.16 bits per heavy atom. The van der Waals surface area contributed by atoms with Gasteiger partial charge in [0, 0.05) is 24.5 Å². The molecule has 14 heteroatoms. The third-order valence-electron chi connectivity index (χ3n) is 5.62. The van der Waals surface area contributed by atoms with Crippen molar-refractivity contribution in [3.05, 3.63) is 42.0 Å². The van der Waals surface area contributed by atoms with Gasteiger partial charge >= 0.3 is 12.3 Å². The Kier molecular flexibility index (Phi) is 8.95. The van der Waals surface area contributed by atoms with Gasteiger partial charge in [-0.1, -0.05) is 0 Å². The number of hydrogen-bond donors (Lipinski definition) is 3. The minimum Gasteiger partial charge on any atom is -0.449 e. The zero-order valence-corrected chi connectivity index (χ0v) is 21.3. The highest BCUT2D eigenvalue weighted by molar-refractivity contribution is 7.89. The van der Waals surface area contributed by atoms with E-state index in [9.17, 15) is 30.8 Å². The van der Waals surface area contributed by atoms with Gasteiger partial charge in [0.2, 0.25) is 16.0 Å². The molecule has 37 heavy (non-hydrogen) atoms. The van der Waals surface area contributed by atoms with Crippen molar-refractivity contribution in [3.8, 4) is 0 Å². The van der Waals surface area contributed by atoms with Crippen LogP contribution in [-0.2, 0) is 14.8 Å². The van der Waals surface area contributed by atoms with Crippen LogP contribution in [0.2, 0.25) is 0 Å². The number of nitrogens with one attached hydrogen (secondary N) is 3. The lowest BCUT2D eigenvalue weighted by atomic mass is 9.72. The van der Waals surface area contributed by atoms with Gasteiger partial charge < -0.3 is 15.4 Å². The number of carbonyl (C=O) groups is 1. The lowest BCUT2D eigenvalue weighted by Crippen LogP contribution is -2.38. The summed E-state index contributed by atoms with van der Waals surface area (Å²) < 4.78 is 83.3. The minimum atomic E-state index is -4.37. The van der Waals surface area contributed by atoms with Crippen LogP contribution in [0.25, 0.3) is 0 Å². The van der Waals surface area contributed by atoms with Crippen molar-refractivity contribution in [2.75, 3.05) is 11.9 Å². The summed E-state index contributed by atoms with van der Waals surface area (Å²) in [5, 5.41) is 4.88. The smallest absolute Gasteiger partial charge is 0.407 e. The first-order chi connectivity index (χ1) is 17.2. The molecule has 3 rings (SSSR count). The second-order valence-corrected chi connectivity index (χ2v) is 11.1. The Morgan fingerprint density at radius 3 is 2.38 bits per heavy atom. The van der Waals surface area contributed by atoms with E-state index in [4.69, 9.17) is 4.74 Å². The topological polar surface area (TPSA) is 122 Å². The van der Waals surface area contributed by atoms with Gasteiger partial charge in [-0.2, -0.15) is 13.2 Å². The van der Waals surface area contributed by atoms with Crippen molar-refractivity contribution in [1.29, 1.82) is 0 Å². The van der Waals surface area contributed by atoms with E-state index >= 15 is 0 Å². The molecule has 1 saturated carbocycles. The molecule has 0 bridgehead atoms. The summed E-state index contributed by atoms with van der Waals surface area (Å²) in [6.07, 6.45) is -1.82. The van der Waals surface area contributed by atoms with Crippen LogP contribution in [0.4, 0.5) is 34.0 Å². The van der Waals surface area contributed by atoms with Crippen molar-refractivity contribution in [2.24, 2.45) is 5.92 Å². The lowest BCUT2D eigenvalue weighted by Gasteiger charge is -2.34. The first kappa shape index (κ1) is 28.6. The van der Waals surface area contributed by atoms with Crippen LogP contribution in [0, 0.1) is 11.7 Å². The molecule has 0 saturated heterocycles. The molecule has 1 heterocycles. The zero-order valence-electron chi connectivity index (χ0n) is 20.5. The molecule has 1 aliphatic carbocycles. The van der Waals surface area contributed by atoms with Gasteiger partial charge in [-0.25, -0.2) is 32.3 Å². The number of hydrogen-bond acceptors (Lipinski definition) is 7. The van der Waals surface area contributed by atoms with Crippen molar-refractivity contribution >= 4 is 27.8 Å². The maximum atomic E-state index is 14.5. The summed E-state index contributed by atoms with van der Waals surface area (Å²) >= 11 is 0. The molecule has 2 aromatic rings. The number of aromatic nitrogens is 2. The van der Waals surface area contributed by atoms with Gasteiger partial charge in [-0.05, 0) is 69.2 Å². The summed E-state index contributed by atoms with van der Waals surface area (Å²) in [6.45, 7) is 4.67. The molecular weight excluding hydrogens is 518 g/mol. The predicted octanol–water partition coefficient (Wildman–Crippen LogP) is 4.61. The van der Waals surface area contributed by atoms with Gasteiger partial charge in [0.15, 0.2) is 0 Å². The van der Waals surface area contributed by atoms with E-state index in [2.05, 4.69) is 25.3 Å². The maximum Gasteiger partial charge on any atom is 0.407 e. The fourth-order valence-electron chi connectivity index (χ4n) is 3.86. The largest absolute Gasteiger partial charge is 0.449 e. The summed E-state index contributed by atoms with van der Waals surface area (Å²) in [4.78, 5) is 19.8. The molecule has 1 atom stereocenters. The second kappa shape index (κ2) is 11.6. The second-order valence-electron chi connectivity index (χ2n) is 9.38. The van der Waals surface area contributed by atoms with Gasteiger partial charge in [0.1, 0.15) is 5.82 Å². The number of halogens is 4. The van der Waals surface area contributed by atoms with Crippen LogP contribution >= 0.6 is 0 Å². The van der Waals surface area contributed by atoms with Crippen LogP contribution in [-0.4, -0.2) is 49.3 Å². The highest BCUT2D eigenvalue weighted by Crippen LogP contribution is 2.41. The number of anilines is 2. The molecule has 204 valence electrons. The van der Waals surface area contributed by atoms with E-state index in [0.717, 1.165) is 11.6 Å². The van der Waals surface area contributed by atoms with Gasteiger partial charge in [0.05, 0.1) is 23.6 Å². The van der Waals surface area contributed by atoms with E-state index < -0.39 is 40.6 Å². The normalized spacial score (nSPS) is 18.7. The van der Waals surface area contributed by atoms with Crippen LogP contribution in [0.15, 0.2) is 35.5 Å². The van der Waals surface area contributed by atoms with Gasteiger partial charge in [0.25, 0.3) is 0 Å². The van der Waals surface area contributed by atoms with E-state index in [0.29, 0.717) is 12.8 Å². The van der Waals surface area contributed by atoms with Crippen molar-refractivity contribution < 1.29 is 35.5 Å². The number of alkyl halides is 3. The lowest BCUT2D eigenvalue weighted by molar-refractivity contribution is -0.138. The van der Waals surface area contributed by atoms with Gasteiger partial charge in [-0.15, -0.1) is 0 Å². The van der Waals surface area contributed by atoms with Crippen LogP contribution < -0.4 is 15.4 Å². The molecule has 1 aromatic carbocycles. The molecule has 0 unspecified atom stereocenters. The molecule has 1 fully saturated rings. The molecule has 0 radical (unpaired) electrons. The molecule has 1 aliphatic rings. The quantitative estimate of drug-likeness (QED) is 0.372. The number of nitrogens with zero attached hydrogens (tertiary/aromatic N) is 2.